The molecule has 13 heteroatoms. The van der Waals surface area contributed by atoms with Crippen LogP contribution in [-0.2, 0) is 27.1 Å². The second-order valence-electron chi connectivity index (χ2n) is 8.07. The van der Waals surface area contributed by atoms with Crippen LogP contribution in [0.4, 0.5) is 31.1 Å². The van der Waals surface area contributed by atoms with Gasteiger partial charge in [-0.25, -0.2) is 17.9 Å². The number of likely N-dealkylation sites (tertiary alicyclic amines) is 1. The van der Waals surface area contributed by atoms with E-state index >= 15 is 0 Å². The molecule has 1 N–H and O–H groups in total. The van der Waals surface area contributed by atoms with Crippen molar-refractivity contribution in [2.24, 2.45) is 0 Å². The van der Waals surface area contributed by atoms with E-state index in [1.54, 1.807) is 20.8 Å². The third kappa shape index (κ3) is 6.73. The van der Waals surface area contributed by atoms with Gasteiger partial charge in [0.25, 0.3) is 0 Å². The lowest BCUT2D eigenvalue weighted by Crippen LogP contribution is -2.47. The number of benzene rings is 1. The Hall–Kier alpha value is -2.02. The van der Waals surface area contributed by atoms with Gasteiger partial charge >= 0.3 is 18.4 Å². The average molecular weight is 476 g/mol. The maximum Gasteiger partial charge on any atom is 0.417 e. The number of ether oxygens (including phenoxy) is 1. The molecule has 0 unspecified atom stereocenters. The normalized spacial score (nSPS) is 17.0. The van der Waals surface area contributed by atoms with Gasteiger partial charge in [0.2, 0.25) is 10.0 Å². The summed E-state index contributed by atoms with van der Waals surface area (Å²) in [6.45, 7) is 5.13. The number of hydrogen-bond acceptors (Lipinski definition) is 4. The van der Waals surface area contributed by atoms with Crippen LogP contribution in [0, 0.1) is 0 Å². The van der Waals surface area contributed by atoms with Crippen molar-refractivity contribution in [1.82, 2.24) is 9.62 Å². The highest BCUT2D eigenvalue weighted by molar-refractivity contribution is 7.89. The topological polar surface area (TPSA) is 75.7 Å². The number of rotatable bonds is 3. The highest BCUT2D eigenvalue weighted by atomic mass is 32.2. The largest absolute Gasteiger partial charge is 0.444 e. The van der Waals surface area contributed by atoms with E-state index in [-0.39, 0.29) is 44.1 Å². The maximum atomic E-state index is 13.2. The van der Waals surface area contributed by atoms with Crippen LogP contribution in [-0.4, -0.2) is 44.1 Å². The monoisotopic (exact) mass is 476 g/mol. The molecule has 1 fully saturated rings. The Balaban J connectivity index is 2.21. The number of nitrogens with one attached hydrogen (secondary N) is 1. The summed E-state index contributed by atoms with van der Waals surface area (Å²) in [6.07, 6.45) is -10.7. The molecule has 0 aromatic heterocycles. The van der Waals surface area contributed by atoms with Crippen LogP contribution in [0.1, 0.15) is 44.7 Å². The molecule has 2 rings (SSSR count). The van der Waals surface area contributed by atoms with Crippen LogP contribution in [0.3, 0.4) is 0 Å². The zero-order valence-corrected chi connectivity index (χ0v) is 17.7. The van der Waals surface area contributed by atoms with E-state index in [0.717, 1.165) is 0 Å². The molecule has 1 aromatic rings. The molecule has 176 valence electrons. The van der Waals surface area contributed by atoms with E-state index in [0.29, 0.717) is 0 Å². The van der Waals surface area contributed by atoms with Crippen molar-refractivity contribution in [2.75, 3.05) is 13.1 Å². The minimum atomic E-state index is -5.17. The molecule has 0 atom stereocenters. The summed E-state index contributed by atoms with van der Waals surface area (Å²) in [7, 11) is -4.93. The zero-order valence-electron chi connectivity index (χ0n) is 16.9. The number of carbonyl (C=O) groups excluding carboxylic acids is 1. The Bertz CT molecular complexity index is 914. The van der Waals surface area contributed by atoms with E-state index in [4.69, 9.17) is 4.74 Å². The van der Waals surface area contributed by atoms with E-state index < -0.39 is 56.1 Å². The lowest BCUT2D eigenvalue weighted by Gasteiger charge is -2.33. The number of sulfonamides is 1. The first-order valence-electron chi connectivity index (χ1n) is 9.19. The van der Waals surface area contributed by atoms with Crippen molar-refractivity contribution in [2.45, 2.75) is 62.5 Å². The first-order valence-corrected chi connectivity index (χ1v) is 10.7. The van der Waals surface area contributed by atoms with Crippen molar-refractivity contribution >= 4 is 16.1 Å². The first-order chi connectivity index (χ1) is 13.9. The molecule has 0 aliphatic carbocycles. The Morgan fingerprint density at radius 3 is 2.03 bits per heavy atom. The molecule has 6 nitrogen and oxygen atoms in total. The molecule has 1 saturated heterocycles. The number of halogens is 6. The van der Waals surface area contributed by atoms with Crippen molar-refractivity contribution in [1.29, 1.82) is 0 Å². The van der Waals surface area contributed by atoms with Gasteiger partial charge in [-0.15, -0.1) is 0 Å². The SMILES string of the molecule is CC(C)(C)OC(=O)N1CCC(NS(=O)(=O)c2cc(C(F)(F)F)ccc2C(F)(F)F)CC1. The van der Waals surface area contributed by atoms with Gasteiger partial charge in [-0.1, -0.05) is 0 Å². The van der Waals surface area contributed by atoms with Crippen LogP contribution < -0.4 is 4.72 Å². The standard InChI is InChI=1S/C18H22F6N2O4S/c1-16(2,3)30-15(27)26-8-6-12(7-9-26)25-31(28,29)14-10-11(17(19,20)21)4-5-13(14)18(22,23)24/h4-5,10,12,25H,6-9H2,1-3H3. The molecule has 31 heavy (non-hydrogen) atoms. The second kappa shape index (κ2) is 8.49. The van der Waals surface area contributed by atoms with Crippen molar-refractivity contribution in [3.05, 3.63) is 29.3 Å². The molecule has 0 bridgehead atoms. The van der Waals surface area contributed by atoms with Gasteiger partial charge in [-0.05, 0) is 51.8 Å². The fourth-order valence-electron chi connectivity index (χ4n) is 2.94. The molecule has 0 saturated carbocycles. The smallest absolute Gasteiger partial charge is 0.417 e. The van der Waals surface area contributed by atoms with Gasteiger partial charge in [-0.3, -0.25) is 0 Å². The van der Waals surface area contributed by atoms with Gasteiger partial charge in [0.15, 0.2) is 0 Å². The Morgan fingerprint density at radius 2 is 1.58 bits per heavy atom. The van der Waals surface area contributed by atoms with Crippen LogP contribution in [0.15, 0.2) is 23.1 Å². The van der Waals surface area contributed by atoms with Crippen LogP contribution in [0.25, 0.3) is 0 Å². The fourth-order valence-corrected chi connectivity index (χ4v) is 4.50. The lowest BCUT2D eigenvalue weighted by molar-refractivity contribution is -0.143. The molecule has 1 aliphatic heterocycles. The average Bonchev–Trinajstić information content (AvgIpc) is 2.58. The summed E-state index contributed by atoms with van der Waals surface area (Å²) in [6, 6.07) is -0.607. The number of amides is 1. The predicted octanol–water partition coefficient (Wildman–Crippen LogP) is 4.40. The Labute approximate surface area is 175 Å². The van der Waals surface area contributed by atoms with Crippen molar-refractivity contribution < 1.29 is 44.3 Å². The minimum Gasteiger partial charge on any atom is -0.444 e. The third-order valence-corrected chi connectivity index (χ3v) is 5.93. The van der Waals surface area contributed by atoms with Gasteiger partial charge < -0.3 is 9.64 Å². The van der Waals surface area contributed by atoms with Crippen LogP contribution >= 0.6 is 0 Å². The Kier molecular flexibility index (Phi) is 6.91. The highest BCUT2D eigenvalue weighted by Gasteiger charge is 2.41. The number of piperidine rings is 1. The van der Waals surface area contributed by atoms with E-state index in [9.17, 15) is 39.6 Å². The maximum absolute atomic E-state index is 13.2. The second-order valence-corrected chi connectivity index (χ2v) is 9.75. The lowest BCUT2D eigenvalue weighted by atomic mass is 10.1. The number of carbonyl (C=O) groups is 1. The predicted molar refractivity (Wildman–Crippen MR) is 97.6 cm³/mol. The molecule has 0 spiro atoms. The molecule has 1 amide bonds. The van der Waals surface area contributed by atoms with Gasteiger partial charge in [0.05, 0.1) is 16.0 Å². The third-order valence-electron chi connectivity index (χ3n) is 4.37. The van der Waals surface area contributed by atoms with Crippen molar-refractivity contribution in [3.63, 3.8) is 0 Å². The van der Waals surface area contributed by atoms with Gasteiger partial charge in [0.1, 0.15) is 5.60 Å². The quantitative estimate of drug-likeness (QED) is 0.657. The summed E-state index contributed by atoms with van der Waals surface area (Å²) < 4.78 is 111. The van der Waals surface area contributed by atoms with Crippen LogP contribution in [0.5, 0.6) is 0 Å². The zero-order chi connectivity index (χ0) is 23.8. The molecular weight excluding hydrogens is 454 g/mol. The highest BCUT2D eigenvalue weighted by Crippen LogP contribution is 2.38. The molecule has 1 aromatic carbocycles. The summed E-state index contributed by atoms with van der Waals surface area (Å²) >= 11 is 0. The van der Waals surface area contributed by atoms with Gasteiger partial charge in [-0.2, -0.15) is 26.3 Å². The summed E-state index contributed by atoms with van der Waals surface area (Å²) in [5.74, 6) is 0. The molecule has 0 radical (unpaired) electrons. The van der Waals surface area contributed by atoms with Crippen molar-refractivity contribution in [3.8, 4) is 0 Å². The fraction of sp³-hybridized carbons (Fsp3) is 0.611. The first kappa shape index (κ1) is 25.2. The molecule has 1 heterocycles. The number of nitrogens with zero attached hydrogens (tertiary/aromatic N) is 1. The van der Waals surface area contributed by atoms with Crippen LogP contribution in [0.2, 0.25) is 0 Å². The van der Waals surface area contributed by atoms with Gasteiger partial charge in [0, 0.05) is 19.1 Å². The summed E-state index contributed by atoms with van der Waals surface area (Å²) in [5, 5.41) is 0. The molecular formula is C18H22F6N2O4S. The minimum absolute atomic E-state index is 0.0268. The number of hydrogen-bond donors (Lipinski definition) is 1. The van der Waals surface area contributed by atoms with E-state index in [1.807, 2.05) is 4.72 Å². The molecule has 1 aliphatic rings. The van der Waals surface area contributed by atoms with E-state index in [2.05, 4.69) is 0 Å². The van der Waals surface area contributed by atoms with E-state index in [1.165, 1.54) is 4.90 Å². The Morgan fingerprint density at radius 1 is 1.03 bits per heavy atom. The summed E-state index contributed by atoms with van der Waals surface area (Å²) in [4.78, 5) is 11.9. The summed E-state index contributed by atoms with van der Waals surface area (Å²) in [5.41, 5.74) is -3.95. The number of alkyl halides is 6.